The van der Waals surface area contributed by atoms with Crippen molar-refractivity contribution in [3.63, 3.8) is 0 Å². The maximum absolute atomic E-state index is 13.9. The number of aliphatic carboxylic acids is 1. The summed E-state index contributed by atoms with van der Waals surface area (Å²) in [5.74, 6) is -1.41. The zero-order chi connectivity index (χ0) is 31.5. The van der Waals surface area contributed by atoms with Crippen molar-refractivity contribution in [1.29, 1.82) is 0 Å². The monoisotopic (exact) mass is 598 g/mol. The van der Waals surface area contributed by atoms with Crippen molar-refractivity contribution in [3.05, 3.63) is 83.4 Å². The van der Waals surface area contributed by atoms with E-state index in [2.05, 4.69) is 0 Å². The van der Waals surface area contributed by atoms with Gasteiger partial charge in [-0.05, 0) is 73.7 Å². The Morgan fingerprint density at radius 1 is 1.00 bits per heavy atom. The van der Waals surface area contributed by atoms with Gasteiger partial charge in [-0.3, -0.25) is 14.5 Å². The topological polar surface area (TPSA) is 96.4 Å². The second-order valence-electron chi connectivity index (χ2n) is 11.3. The lowest BCUT2D eigenvalue weighted by Crippen LogP contribution is -2.51. The van der Waals surface area contributed by atoms with Gasteiger partial charge in [-0.2, -0.15) is 13.2 Å². The van der Waals surface area contributed by atoms with E-state index in [0.29, 0.717) is 29.0 Å². The standard InChI is InChI=1S/C32H33F3N2O6/c1-31(2,3)43-30(41)36(4)27(18-28(38)39)29(40)37-15-14-22-17-23(11-13-26(22)37)42-19-20-10-12-24(21-8-6-5-7-9-21)25(16-20)32(33,34)35/h5-13,16-17,27H,14-15,18-19H2,1-4H3,(H,38,39)/t27-/m1/s1. The van der Waals surface area contributed by atoms with E-state index in [-0.39, 0.29) is 18.7 Å². The lowest BCUT2D eigenvalue weighted by Gasteiger charge is -2.31. The number of ether oxygens (including phenoxy) is 2. The van der Waals surface area contributed by atoms with Crippen LogP contribution in [0.3, 0.4) is 0 Å². The molecule has 11 heteroatoms. The van der Waals surface area contributed by atoms with E-state index in [0.717, 1.165) is 16.5 Å². The Labute approximate surface area is 247 Å². The zero-order valence-corrected chi connectivity index (χ0v) is 24.3. The van der Waals surface area contributed by atoms with Gasteiger partial charge in [0.25, 0.3) is 5.91 Å². The van der Waals surface area contributed by atoms with E-state index in [1.165, 1.54) is 18.0 Å². The number of nitrogens with zero attached hydrogens (tertiary/aromatic N) is 2. The summed E-state index contributed by atoms with van der Waals surface area (Å²) in [7, 11) is 1.32. The molecule has 0 saturated carbocycles. The fourth-order valence-corrected chi connectivity index (χ4v) is 4.85. The summed E-state index contributed by atoms with van der Waals surface area (Å²) >= 11 is 0. The average molecular weight is 599 g/mol. The minimum atomic E-state index is -4.55. The number of halogens is 3. The highest BCUT2D eigenvalue weighted by Crippen LogP contribution is 2.38. The highest BCUT2D eigenvalue weighted by atomic mass is 19.4. The quantitative estimate of drug-likeness (QED) is 0.316. The first-order valence-electron chi connectivity index (χ1n) is 13.6. The summed E-state index contributed by atoms with van der Waals surface area (Å²) in [6.07, 6.45) is -5.54. The van der Waals surface area contributed by atoms with Crippen molar-refractivity contribution in [2.45, 2.75) is 58.0 Å². The summed E-state index contributed by atoms with van der Waals surface area (Å²) in [5.41, 5.74) is 0.575. The molecule has 228 valence electrons. The number of rotatable bonds is 8. The molecular formula is C32H33F3N2O6. The van der Waals surface area contributed by atoms with E-state index in [1.807, 2.05) is 0 Å². The first-order valence-corrected chi connectivity index (χ1v) is 13.6. The Hall–Kier alpha value is -4.54. The van der Waals surface area contributed by atoms with Gasteiger partial charge >= 0.3 is 18.2 Å². The molecule has 0 unspecified atom stereocenters. The summed E-state index contributed by atoms with van der Waals surface area (Å²) in [5, 5.41) is 9.43. The van der Waals surface area contributed by atoms with Crippen LogP contribution in [0, 0.1) is 0 Å². The third-order valence-corrected chi connectivity index (χ3v) is 6.89. The maximum Gasteiger partial charge on any atom is 0.417 e. The summed E-state index contributed by atoms with van der Waals surface area (Å²) in [4.78, 5) is 40.1. The number of likely N-dealkylation sites (N-methyl/N-ethyl adjacent to an activating group) is 1. The summed E-state index contributed by atoms with van der Waals surface area (Å²) in [6, 6.07) is 16.1. The number of carbonyl (C=O) groups excluding carboxylic acids is 2. The molecule has 43 heavy (non-hydrogen) atoms. The van der Waals surface area contributed by atoms with E-state index < -0.39 is 47.8 Å². The lowest BCUT2D eigenvalue weighted by atomic mass is 9.97. The Balaban J connectivity index is 1.50. The van der Waals surface area contributed by atoms with Crippen molar-refractivity contribution in [2.24, 2.45) is 0 Å². The molecule has 0 saturated heterocycles. The molecule has 0 spiro atoms. The summed E-state index contributed by atoms with van der Waals surface area (Å²) < 4.78 is 52.8. The Kier molecular flexibility index (Phi) is 9.03. The van der Waals surface area contributed by atoms with E-state index in [9.17, 15) is 32.7 Å². The number of hydrogen-bond donors (Lipinski definition) is 1. The Morgan fingerprint density at radius 2 is 1.70 bits per heavy atom. The van der Waals surface area contributed by atoms with Crippen molar-refractivity contribution in [2.75, 3.05) is 18.5 Å². The fraction of sp³-hybridized carbons (Fsp3) is 0.344. The molecule has 0 fully saturated rings. The van der Waals surface area contributed by atoms with Crippen LogP contribution in [-0.2, 0) is 33.5 Å². The molecule has 1 heterocycles. The van der Waals surface area contributed by atoms with Gasteiger partial charge in [-0.15, -0.1) is 0 Å². The van der Waals surface area contributed by atoms with Crippen LogP contribution >= 0.6 is 0 Å². The van der Waals surface area contributed by atoms with Crippen LogP contribution in [0.1, 0.15) is 43.9 Å². The summed E-state index contributed by atoms with van der Waals surface area (Å²) in [6.45, 7) is 5.14. The lowest BCUT2D eigenvalue weighted by molar-refractivity contribution is -0.141. The van der Waals surface area contributed by atoms with Crippen molar-refractivity contribution < 1.29 is 42.1 Å². The number of carbonyl (C=O) groups is 3. The number of carboxylic acids is 1. The highest BCUT2D eigenvalue weighted by Gasteiger charge is 2.37. The predicted molar refractivity (Wildman–Crippen MR) is 154 cm³/mol. The molecule has 0 aliphatic carbocycles. The fourth-order valence-electron chi connectivity index (χ4n) is 4.85. The first-order chi connectivity index (χ1) is 20.1. The molecule has 3 aromatic carbocycles. The average Bonchev–Trinajstić information content (AvgIpc) is 3.36. The maximum atomic E-state index is 13.9. The predicted octanol–water partition coefficient (Wildman–Crippen LogP) is 6.55. The van der Waals surface area contributed by atoms with Gasteiger partial charge in [-0.25, -0.2) is 4.79 Å². The van der Waals surface area contributed by atoms with Crippen LogP contribution in [0.25, 0.3) is 11.1 Å². The van der Waals surface area contributed by atoms with Crippen molar-refractivity contribution in [3.8, 4) is 16.9 Å². The van der Waals surface area contributed by atoms with Crippen LogP contribution in [0.15, 0.2) is 66.7 Å². The number of alkyl halides is 3. The second kappa shape index (κ2) is 12.4. The molecule has 2 amide bonds. The molecule has 1 aliphatic rings. The number of fused-ring (bicyclic) bond motifs is 1. The van der Waals surface area contributed by atoms with Gasteiger partial charge in [0.05, 0.1) is 12.0 Å². The smallest absolute Gasteiger partial charge is 0.417 e. The minimum absolute atomic E-state index is 0.0812. The molecule has 1 atom stereocenters. The van der Waals surface area contributed by atoms with E-state index >= 15 is 0 Å². The van der Waals surface area contributed by atoms with Gasteiger partial charge in [0.1, 0.15) is 24.0 Å². The van der Waals surface area contributed by atoms with Crippen LogP contribution in [0.5, 0.6) is 5.75 Å². The van der Waals surface area contributed by atoms with Crippen molar-refractivity contribution >= 4 is 23.7 Å². The molecule has 0 bridgehead atoms. The largest absolute Gasteiger partial charge is 0.489 e. The first kappa shape index (κ1) is 31.4. The molecule has 1 N–H and O–H groups in total. The van der Waals surface area contributed by atoms with Gasteiger partial charge in [0.2, 0.25) is 0 Å². The molecule has 0 aromatic heterocycles. The number of anilines is 1. The van der Waals surface area contributed by atoms with Crippen LogP contribution in [-0.4, -0.2) is 53.2 Å². The molecular weight excluding hydrogens is 565 g/mol. The van der Waals surface area contributed by atoms with Crippen molar-refractivity contribution in [1.82, 2.24) is 4.90 Å². The normalized spacial score (nSPS) is 13.7. The molecule has 0 radical (unpaired) electrons. The number of benzene rings is 3. The Bertz CT molecular complexity index is 1500. The van der Waals surface area contributed by atoms with Crippen LogP contribution in [0.2, 0.25) is 0 Å². The van der Waals surface area contributed by atoms with Gasteiger partial charge in [0.15, 0.2) is 0 Å². The van der Waals surface area contributed by atoms with Crippen LogP contribution < -0.4 is 9.64 Å². The van der Waals surface area contributed by atoms with Gasteiger partial charge in [-0.1, -0.05) is 42.5 Å². The highest BCUT2D eigenvalue weighted by molar-refractivity contribution is 6.02. The van der Waals surface area contributed by atoms with Gasteiger partial charge in [0, 0.05) is 19.3 Å². The third kappa shape index (κ3) is 7.65. The molecule has 1 aliphatic heterocycles. The Morgan fingerprint density at radius 3 is 2.33 bits per heavy atom. The second-order valence-corrected chi connectivity index (χ2v) is 11.3. The SMILES string of the molecule is CN(C(=O)OC(C)(C)C)[C@H](CC(=O)O)C(=O)N1CCc2cc(OCc3ccc(-c4ccccc4)c(C(F)(F)F)c3)ccc21. The number of amides is 2. The third-order valence-electron chi connectivity index (χ3n) is 6.89. The van der Waals surface area contributed by atoms with E-state index in [4.69, 9.17) is 9.47 Å². The van der Waals surface area contributed by atoms with E-state index in [1.54, 1.807) is 75.4 Å². The molecule has 4 rings (SSSR count). The molecule has 8 nitrogen and oxygen atoms in total. The number of hydrogen-bond acceptors (Lipinski definition) is 5. The zero-order valence-electron chi connectivity index (χ0n) is 24.3. The minimum Gasteiger partial charge on any atom is -0.489 e. The van der Waals surface area contributed by atoms with Crippen LogP contribution in [0.4, 0.5) is 23.7 Å². The number of carboxylic acid groups (broad SMARTS) is 1. The van der Waals surface area contributed by atoms with Gasteiger partial charge < -0.3 is 19.5 Å². The molecule has 3 aromatic rings.